The van der Waals surface area contributed by atoms with Crippen molar-refractivity contribution in [2.75, 3.05) is 13.6 Å². The minimum Gasteiger partial charge on any atom is -0.356 e. The van der Waals surface area contributed by atoms with Crippen LogP contribution in [0.2, 0.25) is 0 Å². The first-order valence-corrected chi connectivity index (χ1v) is 9.43. The van der Waals surface area contributed by atoms with Gasteiger partial charge in [-0.15, -0.1) is 35.3 Å². The monoisotopic (exact) mass is 470 g/mol. The van der Waals surface area contributed by atoms with Crippen molar-refractivity contribution in [2.24, 2.45) is 4.99 Å². The van der Waals surface area contributed by atoms with Crippen LogP contribution >= 0.6 is 35.3 Å². The molecular formula is C19H27IN4S. The third-order valence-corrected chi connectivity index (χ3v) is 5.89. The number of aromatic nitrogens is 1. The maximum absolute atomic E-state index is 4.45. The molecule has 1 aliphatic carbocycles. The topological polar surface area (TPSA) is 49.3 Å². The molecule has 0 unspecified atom stereocenters. The van der Waals surface area contributed by atoms with Crippen molar-refractivity contribution in [3.8, 4) is 0 Å². The lowest BCUT2D eigenvalue weighted by Crippen LogP contribution is -2.41. The molecule has 2 aromatic rings. The van der Waals surface area contributed by atoms with Gasteiger partial charge in [-0.1, -0.05) is 31.2 Å². The Kier molecular flexibility index (Phi) is 7.25. The van der Waals surface area contributed by atoms with Gasteiger partial charge < -0.3 is 10.6 Å². The third-order valence-electron chi connectivity index (χ3n) is 4.74. The highest BCUT2D eigenvalue weighted by Crippen LogP contribution is 2.48. The first-order valence-electron chi connectivity index (χ1n) is 8.61. The van der Waals surface area contributed by atoms with E-state index in [2.05, 4.69) is 58.7 Å². The summed E-state index contributed by atoms with van der Waals surface area (Å²) in [6.45, 7) is 6.01. The molecule has 0 saturated heterocycles. The summed E-state index contributed by atoms with van der Waals surface area (Å²) in [5.41, 5.74) is 3.13. The lowest BCUT2D eigenvalue weighted by atomic mass is 9.92. The van der Waals surface area contributed by atoms with Gasteiger partial charge in [0.2, 0.25) is 0 Å². The Hall–Kier alpha value is -1.15. The number of aryl methyl sites for hydroxylation is 2. The van der Waals surface area contributed by atoms with Gasteiger partial charge in [0.1, 0.15) is 5.01 Å². The number of benzene rings is 1. The molecular weight excluding hydrogens is 443 g/mol. The van der Waals surface area contributed by atoms with Crippen LogP contribution in [0.5, 0.6) is 0 Å². The number of aliphatic imine (C=N–C) groups is 1. The average molecular weight is 470 g/mol. The third kappa shape index (κ3) is 4.94. The summed E-state index contributed by atoms with van der Waals surface area (Å²) >= 11 is 1.76. The quantitative estimate of drug-likeness (QED) is 0.381. The number of hydrogen-bond donors (Lipinski definition) is 2. The Balaban J connectivity index is 0.00000225. The molecule has 1 aromatic heterocycles. The Morgan fingerprint density at radius 2 is 2.04 bits per heavy atom. The van der Waals surface area contributed by atoms with Gasteiger partial charge in [-0.3, -0.25) is 4.99 Å². The first kappa shape index (κ1) is 20.2. The van der Waals surface area contributed by atoms with Gasteiger partial charge in [-0.25, -0.2) is 4.98 Å². The highest BCUT2D eigenvalue weighted by Gasteiger charge is 2.44. The molecule has 0 bridgehead atoms. The molecule has 1 heterocycles. The average Bonchev–Trinajstić information content (AvgIpc) is 3.24. The molecule has 0 amide bonds. The molecule has 136 valence electrons. The van der Waals surface area contributed by atoms with E-state index in [9.17, 15) is 0 Å². The number of thiazole rings is 1. The Labute approximate surface area is 171 Å². The molecule has 0 atom stereocenters. The summed E-state index contributed by atoms with van der Waals surface area (Å²) in [5, 5.41) is 7.99. The van der Waals surface area contributed by atoms with E-state index in [0.717, 1.165) is 30.5 Å². The number of rotatable bonds is 6. The number of halogens is 1. The summed E-state index contributed by atoms with van der Waals surface area (Å²) in [6, 6.07) is 8.73. The van der Waals surface area contributed by atoms with Crippen molar-refractivity contribution in [2.45, 2.75) is 45.1 Å². The van der Waals surface area contributed by atoms with Crippen LogP contribution in [-0.2, 0) is 18.4 Å². The molecule has 3 rings (SSSR count). The van der Waals surface area contributed by atoms with Crippen molar-refractivity contribution in [1.29, 1.82) is 0 Å². The van der Waals surface area contributed by atoms with Gasteiger partial charge in [0.25, 0.3) is 0 Å². The summed E-state index contributed by atoms with van der Waals surface area (Å²) in [5.74, 6) is 0.850. The minimum atomic E-state index is 0. The molecule has 1 aliphatic rings. The molecule has 0 spiro atoms. The number of hydrogen-bond acceptors (Lipinski definition) is 3. The van der Waals surface area contributed by atoms with Gasteiger partial charge in [-0.2, -0.15) is 0 Å². The van der Waals surface area contributed by atoms with Crippen LogP contribution in [-0.4, -0.2) is 24.5 Å². The predicted molar refractivity (Wildman–Crippen MR) is 117 cm³/mol. The second-order valence-electron chi connectivity index (χ2n) is 6.45. The van der Waals surface area contributed by atoms with Crippen LogP contribution < -0.4 is 10.6 Å². The van der Waals surface area contributed by atoms with Crippen molar-refractivity contribution in [3.05, 3.63) is 51.5 Å². The van der Waals surface area contributed by atoms with Crippen LogP contribution in [0.15, 0.2) is 35.5 Å². The van der Waals surface area contributed by atoms with E-state index in [1.807, 2.05) is 13.2 Å². The Morgan fingerprint density at radius 1 is 1.28 bits per heavy atom. The fourth-order valence-electron chi connectivity index (χ4n) is 3.09. The number of nitrogens with one attached hydrogen (secondary N) is 2. The lowest BCUT2D eigenvalue weighted by molar-refractivity contribution is 0.642. The second-order valence-corrected chi connectivity index (χ2v) is 7.65. The van der Waals surface area contributed by atoms with Crippen molar-refractivity contribution in [3.63, 3.8) is 0 Å². The van der Waals surface area contributed by atoms with E-state index in [0.29, 0.717) is 0 Å². The van der Waals surface area contributed by atoms with Gasteiger partial charge in [0.15, 0.2) is 5.96 Å². The van der Waals surface area contributed by atoms with E-state index in [4.69, 9.17) is 0 Å². The van der Waals surface area contributed by atoms with E-state index in [-0.39, 0.29) is 29.4 Å². The smallest absolute Gasteiger partial charge is 0.191 e. The van der Waals surface area contributed by atoms with Crippen LogP contribution in [0.4, 0.5) is 0 Å². The first-order chi connectivity index (χ1) is 11.7. The predicted octanol–water partition coefficient (Wildman–Crippen LogP) is 4.03. The minimum absolute atomic E-state index is 0. The van der Waals surface area contributed by atoms with Crippen LogP contribution in [0.25, 0.3) is 0 Å². The highest BCUT2D eigenvalue weighted by molar-refractivity contribution is 14.0. The molecule has 2 N–H and O–H groups in total. The zero-order valence-electron chi connectivity index (χ0n) is 15.1. The maximum Gasteiger partial charge on any atom is 0.191 e. The molecule has 0 radical (unpaired) electrons. The van der Waals surface area contributed by atoms with Crippen molar-refractivity contribution in [1.82, 2.24) is 15.6 Å². The zero-order chi connectivity index (χ0) is 17.0. The number of nitrogens with zero attached hydrogens (tertiary/aromatic N) is 2. The summed E-state index contributed by atoms with van der Waals surface area (Å²) in [6.07, 6.45) is 5.50. The van der Waals surface area contributed by atoms with E-state index in [1.54, 1.807) is 11.3 Å². The highest BCUT2D eigenvalue weighted by atomic mass is 127. The normalized spacial score (nSPS) is 15.4. The van der Waals surface area contributed by atoms with Gasteiger partial charge in [0.05, 0.1) is 6.54 Å². The lowest BCUT2D eigenvalue weighted by Gasteiger charge is -2.20. The van der Waals surface area contributed by atoms with Crippen molar-refractivity contribution < 1.29 is 0 Å². The zero-order valence-corrected chi connectivity index (χ0v) is 18.3. The summed E-state index contributed by atoms with van der Waals surface area (Å²) < 4.78 is 0. The van der Waals surface area contributed by atoms with Crippen molar-refractivity contribution >= 4 is 41.3 Å². The fraction of sp³-hybridized carbons (Fsp3) is 0.474. The van der Waals surface area contributed by atoms with E-state index in [1.165, 1.54) is 28.8 Å². The Bertz CT molecular complexity index is 722. The molecule has 1 fully saturated rings. The molecule has 0 aliphatic heterocycles. The molecule has 1 saturated carbocycles. The SMILES string of the molecule is CCc1cnc(CNC(=NC)NCC2(c3ccccc3C)CC2)s1.I. The van der Waals surface area contributed by atoms with E-state index >= 15 is 0 Å². The van der Waals surface area contributed by atoms with E-state index < -0.39 is 0 Å². The van der Waals surface area contributed by atoms with Crippen LogP contribution in [0.1, 0.15) is 40.8 Å². The molecule has 25 heavy (non-hydrogen) atoms. The Morgan fingerprint density at radius 3 is 2.64 bits per heavy atom. The van der Waals surface area contributed by atoms with Gasteiger partial charge in [-0.05, 0) is 37.3 Å². The van der Waals surface area contributed by atoms with Gasteiger partial charge in [0, 0.05) is 30.1 Å². The van der Waals surface area contributed by atoms with Crippen LogP contribution in [0, 0.1) is 6.92 Å². The fourth-order valence-corrected chi connectivity index (χ4v) is 3.89. The number of guanidine groups is 1. The molecule has 1 aromatic carbocycles. The van der Waals surface area contributed by atoms with Gasteiger partial charge >= 0.3 is 0 Å². The summed E-state index contributed by atoms with van der Waals surface area (Å²) in [4.78, 5) is 10.1. The molecule has 6 heteroatoms. The maximum atomic E-state index is 4.45. The largest absolute Gasteiger partial charge is 0.356 e. The standard InChI is InChI=1S/C19H26N4S.HI/c1-4-15-11-21-17(24-15)12-22-18(20-3)23-13-19(9-10-19)16-8-6-5-7-14(16)2;/h5-8,11H,4,9-10,12-13H2,1-3H3,(H2,20,22,23);1H. The second kappa shape index (κ2) is 8.98. The molecule has 4 nitrogen and oxygen atoms in total. The summed E-state index contributed by atoms with van der Waals surface area (Å²) in [7, 11) is 1.82. The van der Waals surface area contributed by atoms with Crippen LogP contribution in [0.3, 0.4) is 0 Å².